The van der Waals surface area contributed by atoms with E-state index >= 15 is 0 Å². The second-order valence-corrected chi connectivity index (χ2v) is 7.20. The normalized spacial score (nSPS) is 13.1. The van der Waals surface area contributed by atoms with E-state index in [9.17, 15) is 4.79 Å². The molecule has 0 bridgehead atoms. The fourth-order valence-electron chi connectivity index (χ4n) is 1.78. The van der Waals surface area contributed by atoms with E-state index in [1.807, 2.05) is 39.5 Å². The zero-order valence-corrected chi connectivity index (χ0v) is 13.0. The second kappa shape index (κ2) is 6.38. The summed E-state index contributed by atoms with van der Waals surface area (Å²) in [5, 5.41) is 7.92. The number of hydrogen-bond donors (Lipinski definition) is 1. The predicted molar refractivity (Wildman–Crippen MR) is 76.8 cm³/mol. The van der Waals surface area contributed by atoms with Crippen molar-refractivity contribution in [1.82, 2.24) is 15.1 Å². The molecule has 1 heterocycles. The molecule has 0 unspecified atom stereocenters. The van der Waals surface area contributed by atoms with Crippen LogP contribution < -0.4 is 5.73 Å². The summed E-state index contributed by atoms with van der Waals surface area (Å²) >= 11 is 2.72. The molecule has 0 aliphatic heterocycles. The van der Waals surface area contributed by atoms with Gasteiger partial charge in [-0.15, -0.1) is 10.2 Å². The van der Waals surface area contributed by atoms with Gasteiger partial charge < -0.3 is 10.6 Å². The number of carbonyl (C=O) groups is 1. The van der Waals surface area contributed by atoms with Crippen LogP contribution in [0.15, 0.2) is 4.34 Å². The summed E-state index contributed by atoms with van der Waals surface area (Å²) < 4.78 is 0.737. The van der Waals surface area contributed by atoms with Crippen LogP contribution in [0.4, 0.5) is 5.13 Å². The van der Waals surface area contributed by atoms with Gasteiger partial charge in [-0.25, -0.2) is 0 Å². The summed E-state index contributed by atoms with van der Waals surface area (Å²) in [5.41, 5.74) is 5.52. The smallest absolute Gasteiger partial charge is 0.236 e. The number of anilines is 1. The Bertz CT molecular complexity index is 398. The van der Waals surface area contributed by atoms with Gasteiger partial charge in [-0.2, -0.15) is 0 Å². The molecule has 1 aromatic heterocycles. The van der Waals surface area contributed by atoms with E-state index < -0.39 is 0 Å². The van der Waals surface area contributed by atoms with Crippen LogP contribution >= 0.6 is 23.1 Å². The van der Waals surface area contributed by atoms with E-state index in [-0.39, 0.29) is 23.2 Å². The molecule has 102 valence electrons. The molecule has 1 amide bonds. The fraction of sp³-hybridized carbons (Fsp3) is 0.727. The van der Waals surface area contributed by atoms with Crippen molar-refractivity contribution in [3.63, 3.8) is 0 Å². The minimum Gasteiger partial charge on any atom is -0.374 e. The van der Waals surface area contributed by atoms with Crippen molar-refractivity contribution in [3.05, 3.63) is 0 Å². The molecule has 0 fully saturated rings. The second-order valence-electron chi connectivity index (χ2n) is 4.60. The van der Waals surface area contributed by atoms with E-state index in [0.717, 1.165) is 4.34 Å². The lowest BCUT2D eigenvalue weighted by atomic mass is 10.2. The number of nitrogens with zero attached hydrogens (tertiary/aromatic N) is 3. The van der Waals surface area contributed by atoms with Gasteiger partial charge >= 0.3 is 0 Å². The molecule has 18 heavy (non-hydrogen) atoms. The summed E-state index contributed by atoms with van der Waals surface area (Å²) in [5.74, 6) is 0.124. The number of aromatic nitrogens is 2. The lowest BCUT2D eigenvalue weighted by Gasteiger charge is -2.32. The van der Waals surface area contributed by atoms with Crippen molar-refractivity contribution in [2.75, 3.05) is 5.73 Å². The minimum absolute atomic E-state index is 0.124. The summed E-state index contributed by atoms with van der Waals surface area (Å²) in [6.07, 6.45) is 0. The van der Waals surface area contributed by atoms with Crippen molar-refractivity contribution >= 4 is 34.1 Å². The minimum atomic E-state index is -0.179. The highest BCUT2D eigenvalue weighted by molar-refractivity contribution is 8.02. The Hall–Kier alpha value is -0.820. The molecule has 0 radical (unpaired) electrons. The Labute approximate surface area is 116 Å². The van der Waals surface area contributed by atoms with Crippen LogP contribution in [0, 0.1) is 0 Å². The van der Waals surface area contributed by atoms with Crippen LogP contribution in [0.3, 0.4) is 0 Å². The first-order chi connectivity index (χ1) is 8.32. The molecule has 0 saturated heterocycles. The zero-order valence-electron chi connectivity index (χ0n) is 11.4. The highest BCUT2D eigenvalue weighted by Crippen LogP contribution is 2.29. The molecule has 0 saturated carbocycles. The number of carbonyl (C=O) groups excluding carboxylic acids is 1. The highest BCUT2D eigenvalue weighted by atomic mass is 32.2. The molecule has 1 aromatic rings. The maximum absolute atomic E-state index is 12.4. The maximum Gasteiger partial charge on any atom is 0.236 e. The molecule has 7 heteroatoms. The first kappa shape index (κ1) is 15.2. The van der Waals surface area contributed by atoms with Crippen LogP contribution in [0.25, 0.3) is 0 Å². The molecule has 0 aliphatic rings. The summed E-state index contributed by atoms with van der Waals surface area (Å²) in [7, 11) is 0. The third kappa shape index (κ3) is 3.84. The van der Waals surface area contributed by atoms with E-state index in [2.05, 4.69) is 10.2 Å². The van der Waals surface area contributed by atoms with Crippen molar-refractivity contribution in [2.45, 2.75) is 56.3 Å². The summed E-state index contributed by atoms with van der Waals surface area (Å²) in [6.45, 7) is 10.00. The number of amides is 1. The molecule has 0 aliphatic carbocycles. The number of nitrogen functional groups attached to an aromatic ring is 1. The molecule has 5 nitrogen and oxygen atoms in total. The van der Waals surface area contributed by atoms with Crippen LogP contribution in [0.5, 0.6) is 0 Å². The van der Waals surface area contributed by atoms with Gasteiger partial charge in [-0.3, -0.25) is 4.79 Å². The van der Waals surface area contributed by atoms with Gasteiger partial charge in [0, 0.05) is 12.1 Å². The Kier molecular flexibility index (Phi) is 5.40. The van der Waals surface area contributed by atoms with Gasteiger partial charge in [0.2, 0.25) is 11.0 Å². The lowest BCUT2D eigenvalue weighted by molar-refractivity contribution is -0.133. The van der Waals surface area contributed by atoms with E-state index in [1.54, 1.807) is 0 Å². The van der Waals surface area contributed by atoms with Gasteiger partial charge in [-0.05, 0) is 34.6 Å². The third-order valence-electron chi connectivity index (χ3n) is 2.41. The first-order valence-corrected chi connectivity index (χ1v) is 7.60. The monoisotopic (exact) mass is 288 g/mol. The Morgan fingerprint density at radius 2 is 1.78 bits per heavy atom. The van der Waals surface area contributed by atoms with Gasteiger partial charge in [0.1, 0.15) is 0 Å². The standard InChI is InChI=1S/C11H20N4OS2/c1-6(2)15(7(3)4)9(16)8(5)17-11-14-13-10(12)18-11/h6-8H,1-5H3,(H2,12,13)/t8-/m0/s1. The van der Waals surface area contributed by atoms with Crippen molar-refractivity contribution in [3.8, 4) is 0 Å². The Balaban J connectivity index is 2.70. The van der Waals surface area contributed by atoms with Crippen LogP contribution in [0.1, 0.15) is 34.6 Å². The SMILES string of the molecule is CC(C)N(C(=O)[C@H](C)Sc1nnc(N)s1)C(C)C. The topological polar surface area (TPSA) is 72.1 Å². The largest absolute Gasteiger partial charge is 0.374 e. The van der Waals surface area contributed by atoms with Crippen molar-refractivity contribution < 1.29 is 4.79 Å². The molecule has 1 atom stereocenters. The molecular formula is C11H20N4OS2. The number of nitrogens with two attached hydrogens (primary N) is 1. The summed E-state index contributed by atoms with van der Waals surface area (Å²) in [4.78, 5) is 14.3. The molecule has 1 rings (SSSR count). The predicted octanol–water partition coefficient (Wildman–Crippen LogP) is 2.25. The fourth-order valence-corrected chi connectivity index (χ4v) is 3.62. The maximum atomic E-state index is 12.4. The van der Waals surface area contributed by atoms with E-state index in [0.29, 0.717) is 5.13 Å². The van der Waals surface area contributed by atoms with Gasteiger partial charge in [0.15, 0.2) is 4.34 Å². The number of hydrogen-bond acceptors (Lipinski definition) is 6. The van der Waals surface area contributed by atoms with Crippen LogP contribution in [-0.4, -0.2) is 38.3 Å². The molecule has 0 spiro atoms. The lowest BCUT2D eigenvalue weighted by Crippen LogP contribution is -2.45. The zero-order chi connectivity index (χ0) is 13.9. The molecule has 2 N–H and O–H groups in total. The third-order valence-corrected chi connectivity index (χ3v) is 4.34. The Morgan fingerprint density at radius 1 is 1.22 bits per heavy atom. The first-order valence-electron chi connectivity index (χ1n) is 5.90. The molecule has 0 aromatic carbocycles. The van der Waals surface area contributed by atoms with Gasteiger partial charge in [0.25, 0.3) is 0 Å². The average Bonchev–Trinajstić information content (AvgIpc) is 2.62. The quantitative estimate of drug-likeness (QED) is 0.841. The van der Waals surface area contributed by atoms with E-state index in [1.165, 1.54) is 23.1 Å². The highest BCUT2D eigenvalue weighted by Gasteiger charge is 2.26. The number of thioether (sulfide) groups is 1. The Morgan fingerprint density at radius 3 is 2.17 bits per heavy atom. The number of rotatable bonds is 5. The van der Waals surface area contributed by atoms with E-state index in [4.69, 9.17) is 5.73 Å². The van der Waals surface area contributed by atoms with Crippen molar-refractivity contribution in [1.29, 1.82) is 0 Å². The van der Waals surface area contributed by atoms with Crippen LogP contribution in [-0.2, 0) is 4.79 Å². The van der Waals surface area contributed by atoms with Gasteiger partial charge in [-0.1, -0.05) is 23.1 Å². The van der Waals surface area contributed by atoms with Crippen molar-refractivity contribution in [2.24, 2.45) is 0 Å². The van der Waals surface area contributed by atoms with Gasteiger partial charge in [0.05, 0.1) is 5.25 Å². The summed E-state index contributed by atoms with van der Waals surface area (Å²) in [6, 6.07) is 0.389. The average molecular weight is 288 g/mol. The molecular weight excluding hydrogens is 268 g/mol. The van der Waals surface area contributed by atoms with Crippen LogP contribution in [0.2, 0.25) is 0 Å².